The predicted molar refractivity (Wildman–Crippen MR) is 122 cm³/mol. The summed E-state index contributed by atoms with van der Waals surface area (Å²) in [4.78, 5) is 12.6. The lowest BCUT2D eigenvalue weighted by Crippen LogP contribution is -2.22. The van der Waals surface area contributed by atoms with E-state index in [0.29, 0.717) is 17.4 Å². The second-order valence-electron chi connectivity index (χ2n) is 7.53. The zero-order chi connectivity index (χ0) is 21.8. The third kappa shape index (κ3) is 7.29. The molecule has 0 aromatic heterocycles. The van der Waals surface area contributed by atoms with Gasteiger partial charge in [0.2, 0.25) is 0 Å². The molecule has 0 bridgehead atoms. The Balaban J connectivity index is 0.00000101. The molecule has 1 aliphatic rings. The Bertz CT molecular complexity index is 767. The minimum atomic E-state index is -0.394. The van der Waals surface area contributed by atoms with Crippen LogP contribution in [0.15, 0.2) is 42.5 Å². The van der Waals surface area contributed by atoms with Crippen molar-refractivity contribution in [2.24, 2.45) is 0 Å². The molecule has 0 aliphatic heterocycles. The first-order valence-electron chi connectivity index (χ1n) is 10.9. The number of methoxy groups -OCH3 is 2. The lowest BCUT2D eigenvalue weighted by Gasteiger charge is -2.24. The molecular formula is C25H35NO4. The average Bonchev–Trinajstić information content (AvgIpc) is 2.79. The van der Waals surface area contributed by atoms with Gasteiger partial charge in [-0.1, -0.05) is 51.7 Å². The summed E-state index contributed by atoms with van der Waals surface area (Å²) in [5, 5.41) is 3.54. The lowest BCUT2D eigenvalue weighted by atomic mass is 9.95. The highest BCUT2D eigenvalue weighted by atomic mass is 16.5. The molecule has 0 saturated heterocycles. The van der Waals surface area contributed by atoms with Crippen LogP contribution < -0.4 is 14.8 Å². The fourth-order valence-electron chi connectivity index (χ4n) is 3.39. The normalized spacial score (nSPS) is 13.6. The molecule has 5 heteroatoms. The van der Waals surface area contributed by atoms with Crippen molar-refractivity contribution in [1.29, 1.82) is 0 Å². The van der Waals surface area contributed by atoms with E-state index in [0.717, 1.165) is 17.0 Å². The Labute approximate surface area is 180 Å². The van der Waals surface area contributed by atoms with Gasteiger partial charge in [-0.2, -0.15) is 0 Å². The van der Waals surface area contributed by atoms with Gasteiger partial charge in [-0.25, -0.2) is 4.79 Å². The minimum Gasteiger partial charge on any atom is -0.497 e. The van der Waals surface area contributed by atoms with Crippen LogP contribution in [0.1, 0.15) is 68.3 Å². The largest absolute Gasteiger partial charge is 0.497 e. The zero-order valence-electron chi connectivity index (χ0n) is 18.7. The van der Waals surface area contributed by atoms with E-state index in [1.165, 1.54) is 38.5 Å². The summed E-state index contributed by atoms with van der Waals surface area (Å²) in [6, 6.07) is 13.5. The molecule has 1 aliphatic carbocycles. The summed E-state index contributed by atoms with van der Waals surface area (Å²) in [5.74, 6) is 0.895. The van der Waals surface area contributed by atoms with Crippen LogP contribution >= 0.6 is 0 Å². The SMILES string of the molecule is CCC.COc1ccc(COC(=O)c2cc(NC3CCCCC3)ccc2OC)cc1. The van der Waals surface area contributed by atoms with Crippen molar-refractivity contribution >= 4 is 11.7 Å². The van der Waals surface area contributed by atoms with Crippen LogP contribution in [0.3, 0.4) is 0 Å². The van der Waals surface area contributed by atoms with E-state index in [1.807, 2.05) is 42.5 Å². The van der Waals surface area contributed by atoms with Crippen LogP contribution in [0.25, 0.3) is 0 Å². The number of carbonyl (C=O) groups is 1. The van der Waals surface area contributed by atoms with Crippen molar-refractivity contribution in [3.63, 3.8) is 0 Å². The Kier molecular flexibility index (Phi) is 10.1. The van der Waals surface area contributed by atoms with Crippen LogP contribution in [-0.2, 0) is 11.3 Å². The van der Waals surface area contributed by atoms with Crippen LogP contribution in [-0.4, -0.2) is 26.2 Å². The van der Waals surface area contributed by atoms with Crippen molar-refractivity contribution in [1.82, 2.24) is 0 Å². The van der Waals surface area contributed by atoms with Crippen molar-refractivity contribution in [2.75, 3.05) is 19.5 Å². The van der Waals surface area contributed by atoms with Crippen molar-refractivity contribution in [3.8, 4) is 11.5 Å². The van der Waals surface area contributed by atoms with Gasteiger partial charge in [-0.05, 0) is 48.7 Å². The molecule has 30 heavy (non-hydrogen) atoms. The fourth-order valence-corrected chi connectivity index (χ4v) is 3.39. The molecule has 0 heterocycles. The van der Waals surface area contributed by atoms with E-state index in [-0.39, 0.29) is 6.61 Å². The molecule has 1 fully saturated rings. The quantitative estimate of drug-likeness (QED) is 0.546. The number of hydrogen-bond acceptors (Lipinski definition) is 5. The molecule has 2 aromatic carbocycles. The maximum absolute atomic E-state index is 12.6. The van der Waals surface area contributed by atoms with E-state index in [4.69, 9.17) is 14.2 Å². The van der Waals surface area contributed by atoms with E-state index in [2.05, 4.69) is 19.2 Å². The number of carbonyl (C=O) groups excluding carboxylic acids is 1. The van der Waals surface area contributed by atoms with Gasteiger partial charge in [0.05, 0.1) is 14.2 Å². The number of hydrogen-bond donors (Lipinski definition) is 1. The van der Waals surface area contributed by atoms with Crippen molar-refractivity contribution < 1.29 is 19.0 Å². The maximum Gasteiger partial charge on any atom is 0.342 e. The van der Waals surface area contributed by atoms with E-state index in [1.54, 1.807) is 14.2 Å². The number of anilines is 1. The number of esters is 1. The van der Waals surface area contributed by atoms with Gasteiger partial charge in [-0.15, -0.1) is 0 Å². The van der Waals surface area contributed by atoms with Crippen LogP contribution in [0.4, 0.5) is 5.69 Å². The van der Waals surface area contributed by atoms with E-state index >= 15 is 0 Å². The first kappa shape index (κ1) is 23.6. The molecule has 164 valence electrons. The van der Waals surface area contributed by atoms with E-state index in [9.17, 15) is 4.79 Å². The number of rotatable bonds is 7. The van der Waals surface area contributed by atoms with E-state index < -0.39 is 5.97 Å². The molecule has 0 atom stereocenters. The Morgan fingerprint density at radius 3 is 2.23 bits per heavy atom. The Morgan fingerprint density at radius 1 is 0.967 bits per heavy atom. The average molecular weight is 414 g/mol. The van der Waals surface area contributed by atoms with Gasteiger partial charge in [0.25, 0.3) is 0 Å². The second kappa shape index (κ2) is 12.8. The topological polar surface area (TPSA) is 56.8 Å². The fraction of sp³-hybridized carbons (Fsp3) is 0.480. The first-order chi connectivity index (χ1) is 14.6. The molecule has 0 unspecified atom stereocenters. The third-order valence-corrected chi connectivity index (χ3v) is 4.92. The van der Waals surface area contributed by atoms with Gasteiger partial charge < -0.3 is 19.5 Å². The van der Waals surface area contributed by atoms with Crippen LogP contribution in [0.5, 0.6) is 11.5 Å². The molecule has 0 radical (unpaired) electrons. The highest BCUT2D eigenvalue weighted by Gasteiger charge is 2.17. The molecule has 2 aromatic rings. The monoisotopic (exact) mass is 413 g/mol. The smallest absolute Gasteiger partial charge is 0.342 e. The molecule has 0 spiro atoms. The van der Waals surface area contributed by atoms with Gasteiger partial charge in [0.1, 0.15) is 23.7 Å². The second-order valence-corrected chi connectivity index (χ2v) is 7.53. The summed E-state index contributed by atoms with van der Waals surface area (Å²) in [7, 11) is 3.18. The highest BCUT2D eigenvalue weighted by molar-refractivity contribution is 5.93. The molecule has 0 amide bonds. The number of nitrogens with one attached hydrogen (secondary N) is 1. The van der Waals surface area contributed by atoms with Gasteiger partial charge in [-0.3, -0.25) is 0 Å². The minimum absolute atomic E-state index is 0.201. The predicted octanol–water partition coefficient (Wildman–Crippen LogP) is 6.22. The summed E-state index contributed by atoms with van der Waals surface area (Å²) in [5.41, 5.74) is 2.27. The number of benzene rings is 2. The Hall–Kier alpha value is -2.69. The molecule has 1 saturated carbocycles. The van der Waals surface area contributed by atoms with Gasteiger partial charge in [0, 0.05) is 11.7 Å². The molecule has 1 N–H and O–H groups in total. The van der Waals surface area contributed by atoms with Gasteiger partial charge in [0.15, 0.2) is 0 Å². The molecule has 5 nitrogen and oxygen atoms in total. The lowest BCUT2D eigenvalue weighted by molar-refractivity contribution is 0.0469. The van der Waals surface area contributed by atoms with Gasteiger partial charge >= 0.3 is 5.97 Å². The van der Waals surface area contributed by atoms with Crippen molar-refractivity contribution in [3.05, 3.63) is 53.6 Å². The Morgan fingerprint density at radius 2 is 1.63 bits per heavy atom. The van der Waals surface area contributed by atoms with Crippen molar-refractivity contribution in [2.45, 2.75) is 65.0 Å². The summed E-state index contributed by atoms with van der Waals surface area (Å²) < 4.78 is 16.0. The molecule has 3 rings (SSSR count). The maximum atomic E-state index is 12.6. The van der Waals surface area contributed by atoms with Crippen LogP contribution in [0, 0.1) is 0 Å². The first-order valence-corrected chi connectivity index (χ1v) is 10.9. The standard InChI is InChI=1S/C22H27NO4.C3H8/c1-25-19-11-8-16(9-12-19)15-27-22(24)20-14-18(10-13-21(20)26-2)23-17-6-4-3-5-7-17;1-3-2/h8-14,17,23H,3-7,15H2,1-2H3;3H2,1-2H3. The van der Waals surface area contributed by atoms with Crippen LogP contribution in [0.2, 0.25) is 0 Å². The summed E-state index contributed by atoms with van der Waals surface area (Å²) >= 11 is 0. The third-order valence-electron chi connectivity index (χ3n) is 4.92. The summed E-state index contributed by atoms with van der Waals surface area (Å²) in [6.45, 7) is 4.45. The molecular weight excluding hydrogens is 378 g/mol. The summed E-state index contributed by atoms with van der Waals surface area (Å²) in [6.07, 6.45) is 7.41. The number of ether oxygens (including phenoxy) is 3. The zero-order valence-corrected chi connectivity index (χ0v) is 18.7. The highest BCUT2D eigenvalue weighted by Crippen LogP contribution is 2.27.